The van der Waals surface area contributed by atoms with Gasteiger partial charge in [0.1, 0.15) is 19.3 Å². The van der Waals surface area contributed by atoms with Crippen LogP contribution < -0.4 is 0 Å². The van der Waals surface area contributed by atoms with Crippen LogP contribution in [0.25, 0.3) is 0 Å². The second-order valence-corrected chi connectivity index (χ2v) is 29.5. The molecule has 534 valence electrons. The Kier molecular flexibility index (Phi) is 61.8. The summed E-state index contributed by atoms with van der Waals surface area (Å²) in [6.07, 6.45) is 48.5. The average molecular weight is 1330 g/mol. The molecule has 0 saturated carbocycles. The number of rotatable bonds is 70. The lowest BCUT2D eigenvalue weighted by Gasteiger charge is -2.21. The van der Waals surface area contributed by atoms with Gasteiger partial charge in [0.25, 0.3) is 0 Å². The van der Waals surface area contributed by atoms with Crippen LogP contribution >= 0.6 is 15.6 Å². The molecule has 0 spiro atoms. The first kappa shape index (κ1) is 88.1. The van der Waals surface area contributed by atoms with E-state index in [2.05, 4.69) is 41.5 Å². The molecular weight excluding hydrogens is 1190 g/mol. The van der Waals surface area contributed by atoms with Crippen molar-refractivity contribution in [3.8, 4) is 0 Å². The molecule has 17 nitrogen and oxygen atoms in total. The molecule has 0 aromatic carbocycles. The van der Waals surface area contributed by atoms with E-state index >= 15 is 0 Å². The van der Waals surface area contributed by atoms with E-state index in [9.17, 15) is 43.2 Å². The van der Waals surface area contributed by atoms with Crippen molar-refractivity contribution in [2.75, 3.05) is 39.6 Å². The summed E-state index contributed by atoms with van der Waals surface area (Å²) in [5.41, 5.74) is 0. The summed E-state index contributed by atoms with van der Waals surface area (Å²) in [6.45, 7) is 9.50. The number of esters is 4. The number of phosphoric ester groups is 2. The van der Waals surface area contributed by atoms with Crippen LogP contribution in [-0.4, -0.2) is 96.7 Å². The standard InChI is InChI=1S/C71H138O17P2/c1-7-9-11-13-15-17-19-20-21-22-23-25-29-37-43-49-55-70(75)87-66(59-82-69(74)54-48-42-36-30-26-27-33-39-45-51-63(3)4)61-85-89(77,78)83-57-65(72)58-84-90(79,80)86-62-67(88-71(76)56-50-44-38-32-31-34-40-46-52-64(5)6)60-81-68(73)53-47-41-35-28-24-18-16-14-12-10-8-2/h63-67,72H,7-62H2,1-6H3,(H,77,78)(H,79,80)/t65-,66-,67-/m1/s1. The average Bonchev–Trinajstić information content (AvgIpc) is 3.00. The Morgan fingerprint density at radius 3 is 0.756 bits per heavy atom. The van der Waals surface area contributed by atoms with E-state index in [1.165, 1.54) is 180 Å². The quantitative estimate of drug-likeness (QED) is 0.0222. The molecule has 0 bridgehead atoms. The van der Waals surface area contributed by atoms with E-state index in [1.807, 2.05) is 0 Å². The molecule has 0 aromatic heterocycles. The van der Waals surface area contributed by atoms with E-state index in [-0.39, 0.29) is 25.7 Å². The van der Waals surface area contributed by atoms with Gasteiger partial charge < -0.3 is 33.8 Å². The van der Waals surface area contributed by atoms with Crippen molar-refractivity contribution in [1.82, 2.24) is 0 Å². The third kappa shape index (κ3) is 64.8. The minimum atomic E-state index is -4.95. The van der Waals surface area contributed by atoms with E-state index in [4.69, 9.17) is 37.0 Å². The third-order valence-electron chi connectivity index (χ3n) is 16.5. The summed E-state index contributed by atoms with van der Waals surface area (Å²) < 4.78 is 68.3. The van der Waals surface area contributed by atoms with Crippen LogP contribution in [-0.2, 0) is 65.4 Å². The normalized spacial score (nSPS) is 14.1. The predicted octanol–water partition coefficient (Wildman–Crippen LogP) is 20.4. The second kappa shape index (κ2) is 63.1. The molecule has 3 N–H and O–H groups in total. The lowest BCUT2D eigenvalue weighted by Crippen LogP contribution is -2.30. The fourth-order valence-corrected chi connectivity index (χ4v) is 12.3. The van der Waals surface area contributed by atoms with E-state index < -0.39 is 97.5 Å². The highest BCUT2D eigenvalue weighted by Gasteiger charge is 2.30. The van der Waals surface area contributed by atoms with Crippen LogP contribution in [0.4, 0.5) is 0 Å². The van der Waals surface area contributed by atoms with Gasteiger partial charge in [-0.05, 0) is 37.5 Å². The molecule has 0 saturated heterocycles. The Morgan fingerprint density at radius 2 is 0.511 bits per heavy atom. The van der Waals surface area contributed by atoms with Gasteiger partial charge >= 0.3 is 39.5 Å². The Balaban J connectivity index is 5.24. The third-order valence-corrected chi connectivity index (χ3v) is 18.4. The summed E-state index contributed by atoms with van der Waals surface area (Å²) >= 11 is 0. The fraction of sp³-hybridized carbons (Fsp3) is 0.944. The smallest absolute Gasteiger partial charge is 0.462 e. The fourth-order valence-electron chi connectivity index (χ4n) is 10.8. The highest BCUT2D eigenvalue weighted by molar-refractivity contribution is 7.47. The van der Waals surface area contributed by atoms with Gasteiger partial charge in [-0.15, -0.1) is 0 Å². The largest absolute Gasteiger partial charge is 0.472 e. The number of carbonyl (C=O) groups excluding carboxylic acids is 4. The molecule has 5 atom stereocenters. The number of hydrogen-bond acceptors (Lipinski definition) is 15. The van der Waals surface area contributed by atoms with Crippen LogP contribution in [0.1, 0.15) is 363 Å². The summed E-state index contributed by atoms with van der Waals surface area (Å²) in [5.74, 6) is -0.661. The van der Waals surface area contributed by atoms with Gasteiger partial charge in [-0.2, -0.15) is 0 Å². The monoisotopic (exact) mass is 1320 g/mol. The SMILES string of the molecule is CCCCCCCCCCCCCCCCCCC(=O)O[C@H](COC(=O)CCCCCCCCCCCC(C)C)COP(=O)(O)OC[C@@H](O)COP(=O)(O)OC[C@@H](COC(=O)CCCCCCCCCCCCC)OC(=O)CCCCCCCCCCC(C)C. The van der Waals surface area contributed by atoms with E-state index in [1.54, 1.807) is 0 Å². The first-order valence-electron chi connectivity index (χ1n) is 37.0. The summed E-state index contributed by atoms with van der Waals surface area (Å²) in [5, 5.41) is 10.6. The maximum Gasteiger partial charge on any atom is 0.472 e. The molecule has 0 aliphatic heterocycles. The predicted molar refractivity (Wildman–Crippen MR) is 363 cm³/mol. The van der Waals surface area contributed by atoms with Gasteiger partial charge in [0.05, 0.1) is 26.4 Å². The molecule has 0 heterocycles. The number of unbranched alkanes of at least 4 members (excludes halogenated alkanes) is 40. The van der Waals surface area contributed by atoms with Crippen molar-refractivity contribution in [3.63, 3.8) is 0 Å². The van der Waals surface area contributed by atoms with E-state index in [0.29, 0.717) is 25.7 Å². The Hall–Kier alpha value is -1.94. The summed E-state index contributed by atoms with van der Waals surface area (Å²) in [6, 6.07) is 0. The number of carbonyl (C=O) groups is 4. The number of aliphatic hydroxyl groups is 1. The minimum Gasteiger partial charge on any atom is -0.462 e. The number of ether oxygens (including phenoxy) is 4. The van der Waals surface area contributed by atoms with Crippen molar-refractivity contribution >= 4 is 39.5 Å². The number of aliphatic hydroxyl groups excluding tert-OH is 1. The number of hydrogen-bond donors (Lipinski definition) is 3. The molecule has 0 aliphatic carbocycles. The molecule has 0 aliphatic rings. The maximum absolute atomic E-state index is 13.0. The zero-order valence-electron chi connectivity index (χ0n) is 58.4. The first-order valence-corrected chi connectivity index (χ1v) is 40.0. The zero-order valence-corrected chi connectivity index (χ0v) is 60.2. The van der Waals surface area contributed by atoms with Crippen LogP contribution in [0.15, 0.2) is 0 Å². The number of phosphoric acid groups is 2. The highest BCUT2D eigenvalue weighted by Crippen LogP contribution is 2.45. The molecule has 19 heteroatoms. The van der Waals surface area contributed by atoms with Crippen LogP contribution in [0.3, 0.4) is 0 Å². The molecule has 0 aromatic rings. The molecule has 0 radical (unpaired) electrons. The zero-order chi connectivity index (χ0) is 66.5. The minimum absolute atomic E-state index is 0.105. The van der Waals surface area contributed by atoms with Gasteiger partial charge in [-0.3, -0.25) is 37.3 Å². The Bertz CT molecular complexity index is 1750. The van der Waals surface area contributed by atoms with Gasteiger partial charge in [-0.1, -0.05) is 311 Å². The Labute approximate surface area is 549 Å². The van der Waals surface area contributed by atoms with Crippen LogP contribution in [0.5, 0.6) is 0 Å². The summed E-state index contributed by atoms with van der Waals surface area (Å²) in [4.78, 5) is 72.6. The second-order valence-electron chi connectivity index (χ2n) is 26.6. The molecule has 0 fully saturated rings. The first-order chi connectivity index (χ1) is 43.4. The van der Waals surface area contributed by atoms with Crippen molar-refractivity contribution in [2.45, 2.75) is 381 Å². The molecular formula is C71H138O17P2. The van der Waals surface area contributed by atoms with Gasteiger partial charge in [0.2, 0.25) is 0 Å². The van der Waals surface area contributed by atoms with Crippen molar-refractivity contribution < 1.29 is 80.2 Å². The van der Waals surface area contributed by atoms with Crippen LogP contribution in [0, 0.1) is 11.8 Å². The van der Waals surface area contributed by atoms with Gasteiger partial charge in [-0.25, -0.2) is 9.13 Å². The van der Waals surface area contributed by atoms with Crippen molar-refractivity contribution in [1.29, 1.82) is 0 Å². The maximum atomic E-state index is 13.0. The molecule has 2 unspecified atom stereocenters. The molecule has 0 rings (SSSR count). The van der Waals surface area contributed by atoms with Crippen molar-refractivity contribution in [3.05, 3.63) is 0 Å². The lowest BCUT2D eigenvalue weighted by atomic mass is 10.0. The van der Waals surface area contributed by atoms with Gasteiger partial charge in [0, 0.05) is 25.7 Å². The van der Waals surface area contributed by atoms with Gasteiger partial charge in [0.15, 0.2) is 12.2 Å². The lowest BCUT2D eigenvalue weighted by molar-refractivity contribution is -0.161. The molecule has 90 heavy (non-hydrogen) atoms. The molecule has 0 amide bonds. The summed E-state index contributed by atoms with van der Waals surface area (Å²) in [7, 11) is -9.90. The van der Waals surface area contributed by atoms with Crippen molar-refractivity contribution in [2.24, 2.45) is 11.8 Å². The Morgan fingerprint density at radius 1 is 0.300 bits per heavy atom. The van der Waals surface area contributed by atoms with Crippen LogP contribution in [0.2, 0.25) is 0 Å². The topological polar surface area (TPSA) is 237 Å². The highest BCUT2D eigenvalue weighted by atomic mass is 31.2. The van der Waals surface area contributed by atoms with E-state index in [0.717, 1.165) is 102 Å².